The lowest BCUT2D eigenvalue weighted by Gasteiger charge is -2.14. The topological polar surface area (TPSA) is 87.7 Å². The van der Waals surface area contributed by atoms with Crippen LogP contribution in [0.2, 0.25) is 0 Å². The van der Waals surface area contributed by atoms with Crippen LogP contribution < -0.4 is 9.47 Å². The first-order chi connectivity index (χ1) is 13.0. The number of hydrogen-bond acceptors (Lipinski definition) is 5. The first-order valence-electron chi connectivity index (χ1n) is 8.75. The molecular weight excluding hydrogens is 346 g/mol. The third-order valence-corrected chi connectivity index (χ3v) is 4.04. The number of carboxylic acids is 1. The molecule has 3 rings (SSSR count). The quantitative estimate of drug-likeness (QED) is 0.634. The van der Waals surface area contributed by atoms with Crippen LogP contribution in [0.25, 0.3) is 22.4 Å². The van der Waals surface area contributed by atoms with Gasteiger partial charge in [-0.05, 0) is 57.4 Å². The summed E-state index contributed by atoms with van der Waals surface area (Å²) in [7, 11) is 3.99. The Bertz CT molecular complexity index is 950. The lowest BCUT2D eigenvalue weighted by Crippen LogP contribution is -2.19. The number of nitrogens with zero attached hydrogens (tertiary/aromatic N) is 2. The third kappa shape index (κ3) is 4.38. The summed E-state index contributed by atoms with van der Waals surface area (Å²) in [5.41, 5.74) is 2.44. The van der Waals surface area contributed by atoms with Crippen LogP contribution in [0.3, 0.4) is 0 Å². The van der Waals surface area contributed by atoms with E-state index in [1.165, 1.54) is 0 Å². The molecule has 0 radical (unpaired) electrons. The molecule has 0 bridgehead atoms. The Hall–Kier alpha value is -3.06. The average molecular weight is 369 g/mol. The number of H-pyrrole nitrogens is 1. The molecule has 7 nitrogen and oxygen atoms in total. The predicted molar refractivity (Wildman–Crippen MR) is 104 cm³/mol. The number of aromatic amines is 1. The van der Waals surface area contributed by atoms with Crippen LogP contribution in [0.5, 0.6) is 11.5 Å². The minimum atomic E-state index is -0.967. The number of likely N-dealkylation sites (N-methyl/N-ethyl adjacent to an activating group) is 1. The van der Waals surface area contributed by atoms with Crippen molar-refractivity contribution in [3.8, 4) is 22.9 Å². The van der Waals surface area contributed by atoms with Gasteiger partial charge in [0.1, 0.15) is 12.4 Å². The van der Waals surface area contributed by atoms with Gasteiger partial charge in [0.15, 0.2) is 11.5 Å². The van der Waals surface area contributed by atoms with E-state index in [1.54, 1.807) is 18.2 Å². The van der Waals surface area contributed by atoms with Gasteiger partial charge in [0.05, 0.1) is 23.2 Å². The van der Waals surface area contributed by atoms with Crippen molar-refractivity contribution in [3.63, 3.8) is 0 Å². The SMILES string of the molecule is CCOc1cc(-c2nc3ccc(C(=O)O)cc3[nH]2)ccc1OCCN(C)C. The van der Waals surface area contributed by atoms with E-state index in [9.17, 15) is 4.79 Å². The molecule has 0 unspecified atom stereocenters. The highest BCUT2D eigenvalue weighted by molar-refractivity contribution is 5.93. The Kier molecular flexibility index (Phi) is 5.61. The van der Waals surface area contributed by atoms with Crippen molar-refractivity contribution in [1.82, 2.24) is 14.9 Å². The highest BCUT2D eigenvalue weighted by Gasteiger charge is 2.12. The van der Waals surface area contributed by atoms with E-state index in [1.807, 2.05) is 39.2 Å². The number of hydrogen-bond donors (Lipinski definition) is 2. The molecule has 0 fully saturated rings. The van der Waals surface area contributed by atoms with Crippen molar-refractivity contribution in [3.05, 3.63) is 42.0 Å². The summed E-state index contributed by atoms with van der Waals surface area (Å²) in [6.07, 6.45) is 0. The van der Waals surface area contributed by atoms with Gasteiger partial charge in [0, 0.05) is 12.1 Å². The van der Waals surface area contributed by atoms with Gasteiger partial charge in [-0.3, -0.25) is 0 Å². The zero-order chi connectivity index (χ0) is 19.4. The highest BCUT2D eigenvalue weighted by Crippen LogP contribution is 2.32. The van der Waals surface area contributed by atoms with Gasteiger partial charge in [-0.2, -0.15) is 0 Å². The van der Waals surface area contributed by atoms with Crippen molar-refractivity contribution in [2.75, 3.05) is 33.9 Å². The summed E-state index contributed by atoms with van der Waals surface area (Å²) in [6.45, 7) is 3.82. The fourth-order valence-corrected chi connectivity index (χ4v) is 2.66. The molecule has 0 atom stereocenters. The van der Waals surface area contributed by atoms with Gasteiger partial charge in [-0.1, -0.05) is 0 Å². The highest BCUT2D eigenvalue weighted by atomic mass is 16.5. The van der Waals surface area contributed by atoms with E-state index >= 15 is 0 Å². The number of benzene rings is 2. The van der Waals surface area contributed by atoms with Crippen molar-refractivity contribution in [2.24, 2.45) is 0 Å². The summed E-state index contributed by atoms with van der Waals surface area (Å²) >= 11 is 0. The minimum absolute atomic E-state index is 0.220. The number of aromatic carboxylic acids is 1. The molecule has 1 heterocycles. The van der Waals surface area contributed by atoms with E-state index in [0.717, 1.165) is 12.1 Å². The molecule has 2 aromatic carbocycles. The molecule has 142 valence electrons. The lowest BCUT2D eigenvalue weighted by molar-refractivity contribution is 0.0697. The number of ether oxygens (including phenoxy) is 2. The maximum Gasteiger partial charge on any atom is 0.335 e. The van der Waals surface area contributed by atoms with Crippen molar-refractivity contribution in [2.45, 2.75) is 6.92 Å². The summed E-state index contributed by atoms with van der Waals surface area (Å²) < 4.78 is 11.6. The normalized spacial score (nSPS) is 11.1. The minimum Gasteiger partial charge on any atom is -0.490 e. The van der Waals surface area contributed by atoms with Crippen LogP contribution in [0, 0.1) is 0 Å². The van der Waals surface area contributed by atoms with Gasteiger partial charge in [-0.15, -0.1) is 0 Å². The second-order valence-corrected chi connectivity index (χ2v) is 6.37. The number of nitrogens with one attached hydrogen (secondary N) is 1. The van der Waals surface area contributed by atoms with E-state index in [0.29, 0.717) is 41.6 Å². The van der Waals surface area contributed by atoms with Gasteiger partial charge in [0.2, 0.25) is 0 Å². The number of fused-ring (bicyclic) bond motifs is 1. The number of carboxylic acid groups (broad SMARTS) is 1. The summed E-state index contributed by atoms with van der Waals surface area (Å²) in [5, 5.41) is 9.13. The molecule has 0 aliphatic carbocycles. The standard InChI is InChI=1S/C20H23N3O4/c1-4-26-18-12-13(6-8-17(18)27-10-9-23(2)3)19-21-15-7-5-14(20(24)25)11-16(15)22-19/h5-8,11-12H,4,9-10H2,1-3H3,(H,21,22)(H,24,25). The van der Waals surface area contributed by atoms with Crippen LogP contribution in [0.4, 0.5) is 0 Å². The molecule has 0 aliphatic rings. The molecule has 0 aliphatic heterocycles. The lowest BCUT2D eigenvalue weighted by atomic mass is 10.2. The van der Waals surface area contributed by atoms with Gasteiger partial charge in [-0.25, -0.2) is 9.78 Å². The van der Waals surface area contributed by atoms with Gasteiger partial charge in [0.25, 0.3) is 0 Å². The number of aromatic nitrogens is 2. The monoisotopic (exact) mass is 369 g/mol. The maximum absolute atomic E-state index is 11.1. The second kappa shape index (κ2) is 8.09. The van der Waals surface area contributed by atoms with Crippen molar-refractivity contribution >= 4 is 17.0 Å². The average Bonchev–Trinajstić information content (AvgIpc) is 3.06. The predicted octanol–water partition coefficient (Wildman–Crippen LogP) is 3.27. The molecule has 3 aromatic rings. The van der Waals surface area contributed by atoms with E-state index < -0.39 is 5.97 Å². The third-order valence-electron chi connectivity index (χ3n) is 4.04. The molecule has 7 heteroatoms. The Labute approximate surface area is 157 Å². The first-order valence-corrected chi connectivity index (χ1v) is 8.75. The molecular formula is C20H23N3O4. The Morgan fingerprint density at radius 1 is 1.15 bits per heavy atom. The molecule has 0 amide bonds. The van der Waals surface area contributed by atoms with Crippen molar-refractivity contribution < 1.29 is 19.4 Å². The number of imidazole rings is 1. The van der Waals surface area contributed by atoms with Crippen LogP contribution in [0.15, 0.2) is 36.4 Å². The van der Waals surface area contributed by atoms with Crippen LogP contribution in [0.1, 0.15) is 17.3 Å². The molecule has 0 saturated heterocycles. The Morgan fingerprint density at radius 2 is 1.96 bits per heavy atom. The van der Waals surface area contributed by atoms with Crippen LogP contribution >= 0.6 is 0 Å². The fraction of sp³-hybridized carbons (Fsp3) is 0.300. The van der Waals surface area contributed by atoms with E-state index in [2.05, 4.69) is 14.9 Å². The molecule has 2 N–H and O–H groups in total. The van der Waals surface area contributed by atoms with Gasteiger partial charge >= 0.3 is 5.97 Å². The van der Waals surface area contributed by atoms with Gasteiger partial charge < -0.3 is 24.5 Å². The van der Waals surface area contributed by atoms with Crippen LogP contribution in [-0.2, 0) is 0 Å². The first kappa shape index (κ1) is 18.7. The fourth-order valence-electron chi connectivity index (χ4n) is 2.66. The Balaban J connectivity index is 1.90. The summed E-state index contributed by atoms with van der Waals surface area (Å²) in [4.78, 5) is 20.9. The van der Waals surface area contributed by atoms with E-state index in [4.69, 9.17) is 14.6 Å². The number of rotatable bonds is 8. The molecule has 0 saturated carbocycles. The second-order valence-electron chi connectivity index (χ2n) is 6.37. The van der Waals surface area contributed by atoms with E-state index in [-0.39, 0.29) is 5.56 Å². The van der Waals surface area contributed by atoms with Crippen molar-refractivity contribution in [1.29, 1.82) is 0 Å². The Morgan fingerprint density at radius 3 is 2.67 bits per heavy atom. The smallest absolute Gasteiger partial charge is 0.335 e. The number of carbonyl (C=O) groups is 1. The molecule has 1 aromatic heterocycles. The molecule has 0 spiro atoms. The largest absolute Gasteiger partial charge is 0.490 e. The zero-order valence-corrected chi connectivity index (χ0v) is 15.7. The zero-order valence-electron chi connectivity index (χ0n) is 15.7. The molecule has 27 heavy (non-hydrogen) atoms. The summed E-state index contributed by atoms with van der Waals surface area (Å²) in [6, 6.07) is 10.5. The summed E-state index contributed by atoms with van der Waals surface area (Å²) in [5.74, 6) is 1.02. The van der Waals surface area contributed by atoms with Crippen LogP contribution in [-0.4, -0.2) is 59.8 Å². The maximum atomic E-state index is 11.1.